The summed E-state index contributed by atoms with van der Waals surface area (Å²) < 4.78 is 26.9. The van der Waals surface area contributed by atoms with Crippen LogP contribution < -0.4 is 4.72 Å². The highest BCUT2D eigenvalue weighted by atomic mass is 32.2. The quantitative estimate of drug-likeness (QED) is 0.790. The fourth-order valence-corrected chi connectivity index (χ4v) is 3.54. The predicted molar refractivity (Wildman–Crippen MR) is 72.2 cm³/mol. The molecule has 0 radical (unpaired) electrons. The number of sulfonamides is 1. The topological polar surface area (TPSA) is 46.2 Å². The maximum atomic E-state index is 12.1. The Labute approximate surface area is 107 Å². The number of hydrogen-bond acceptors (Lipinski definition) is 2. The maximum Gasteiger partial charge on any atom is 0.262 e. The van der Waals surface area contributed by atoms with E-state index in [4.69, 9.17) is 0 Å². The maximum absolute atomic E-state index is 12.1. The molecule has 0 atom stereocenters. The molecule has 0 aromatic heterocycles. The summed E-state index contributed by atoms with van der Waals surface area (Å²) in [6.07, 6.45) is 0. The lowest BCUT2D eigenvalue weighted by Gasteiger charge is -2.22. The third kappa shape index (κ3) is 1.53. The van der Waals surface area contributed by atoms with E-state index in [0.717, 1.165) is 22.3 Å². The Kier molecular flexibility index (Phi) is 2.25. The minimum Gasteiger partial charge on any atom is -0.279 e. The van der Waals surface area contributed by atoms with Crippen molar-refractivity contribution in [2.75, 3.05) is 4.72 Å². The van der Waals surface area contributed by atoms with E-state index in [1.807, 2.05) is 38.1 Å². The molecule has 0 saturated heterocycles. The average Bonchev–Trinajstić information content (AvgIpc) is 2.32. The second kappa shape index (κ2) is 3.59. The molecule has 2 aromatic rings. The van der Waals surface area contributed by atoms with Gasteiger partial charge in [-0.15, -0.1) is 0 Å². The normalized spacial score (nSPS) is 15.4. The monoisotopic (exact) mass is 259 g/mol. The molecule has 0 fully saturated rings. The van der Waals surface area contributed by atoms with E-state index in [2.05, 4.69) is 4.72 Å². The molecule has 4 heteroatoms. The van der Waals surface area contributed by atoms with E-state index >= 15 is 0 Å². The van der Waals surface area contributed by atoms with Gasteiger partial charge in [-0.05, 0) is 43.2 Å². The van der Waals surface area contributed by atoms with Crippen LogP contribution in [0, 0.1) is 13.8 Å². The first-order chi connectivity index (χ1) is 8.49. The zero-order valence-corrected chi connectivity index (χ0v) is 11.0. The zero-order valence-electron chi connectivity index (χ0n) is 10.2. The molecule has 0 aliphatic carbocycles. The Bertz CT molecular complexity index is 748. The van der Waals surface area contributed by atoms with Gasteiger partial charge in [0.25, 0.3) is 10.0 Å². The van der Waals surface area contributed by atoms with Gasteiger partial charge in [0, 0.05) is 11.1 Å². The number of fused-ring (bicyclic) bond motifs is 3. The van der Waals surface area contributed by atoms with Crippen molar-refractivity contribution >= 4 is 15.7 Å². The molecular formula is C14H13NO2S. The van der Waals surface area contributed by atoms with Crippen molar-refractivity contribution in [3.8, 4) is 11.1 Å². The Hall–Kier alpha value is -1.81. The lowest BCUT2D eigenvalue weighted by molar-refractivity contribution is 0.601. The molecule has 0 unspecified atom stereocenters. The van der Waals surface area contributed by atoms with Crippen molar-refractivity contribution in [3.63, 3.8) is 0 Å². The van der Waals surface area contributed by atoms with Crippen molar-refractivity contribution in [3.05, 3.63) is 47.5 Å². The van der Waals surface area contributed by atoms with E-state index in [9.17, 15) is 8.42 Å². The molecule has 18 heavy (non-hydrogen) atoms. The molecule has 1 aliphatic heterocycles. The van der Waals surface area contributed by atoms with Gasteiger partial charge < -0.3 is 0 Å². The third-order valence-corrected chi connectivity index (χ3v) is 4.77. The number of nitrogens with one attached hydrogen (secondary N) is 1. The van der Waals surface area contributed by atoms with Gasteiger partial charge in [-0.3, -0.25) is 4.72 Å². The van der Waals surface area contributed by atoms with Crippen molar-refractivity contribution in [2.24, 2.45) is 0 Å². The van der Waals surface area contributed by atoms with E-state index in [0.29, 0.717) is 10.6 Å². The van der Waals surface area contributed by atoms with Gasteiger partial charge in [0.2, 0.25) is 0 Å². The lowest BCUT2D eigenvalue weighted by atomic mass is 9.98. The van der Waals surface area contributed by atoms with E-state index in [1.165, 1.54) is 0 Å². The van der Waals surface area contributed by atoms with Crippen LogP contribution in [0.5, 0.6) is 0 Å². The fourth-order valence-electron chi connectivity index (χ4n) is 2.25. The summed E-state index contributed by atoms with van der Waals surface area (Å²) in [7, 11) is -3.44. The average molecular weight is 259 g/mol. The molecule has 92 valence electrons. The van der Waals surface area contributed by atoms with Gasteiger partial charge in [-0.1, -0.05) is 18.2 Å². The highest BCUT2D eigenvalue weighted by Crippen LogP contribution is 2.40. The Morgan fingerprint density at radius 1 is 0.944 bits per heavy atom. The summed E-state index contributed by atoms with van der Waals surface area (Å²) in [4.78, 5) is 0.348. The van der Waals surface area contributed by atoms with E-state index < -0.39 is 10.0 Å². The molecule has 0 spiro atoms. The molecule has 0 amide bonds. The van der Waals surface area contributed by atoms with Crippen LogP contribution in [0.3, 0.4) is 0 Å². The van der Waals surface area contributed by atoms with Crippen molar-refractivity contribution in [1.29, 1.82) is 0 Å². The summed E-state index contributed by atoms with van der Waals surface area (Å²) in [5, 5.41) is 0. The molecular weight excluding hydrogens is 246 g/mol. The molecule has 2 aromatic carbocycles. The summed E-state index contributed by atoms with van der Waals surface area (Å²) in [5.74, 6) is 0. The van der Waals surface area contributed by atoms with Crippen molar-refractivity contribution in [1.82, 2.24) is 0 Å². The highest BCUT2D eigenvalue weighted by molar-refractivity contribution is 7.93. The SMILES string of the molecule is Cc1cc2c(cc1C)-c1ccccc1S(=O)(=O)N2. The largest absolute Gasteiger partial charge is 0.279 e. The van der Waals surface area contributed by atoms with Gasteiger partial charge >= 0.3 is 0 Å². The predicted octanol–water partition coefficient (Wildman–Crippen LogP) is 3.08. The minimum atomic E-state index is -3.44. The van der Waals surface area contributed by atoms with Crippen LogP contribution in [0.25, 0.3) is 11.1 Å². The van der Waals surface area contributed by atoms with Crippen LogP contribution >= 0.6 is 0 Å². The first kappa shape index (κ1) is 11.3. The van der Waals surface area contributed by atoms with E-state index in [-0.39, 0.29) is 0 Å². The summed E-state index contributed by atoms with van der Waals surface area (Å²) in [6.45, 7) is 4.01. The van der Waals surface area contributed by atoms with Gasteiger partial charge in [0.05, 0.1) is 10.6 Å². The van der Waals surface area contributed by atoms with Crippen LogP contribution in [0.4, 0.5) is 5.69 Å². The van der Waals surface area contributed by atoms with Crippen LogP contribution in [0.1, 0.15) is 11.1 Å². The summed E-state index contributed by atoms with van der Waals surface area (Å²) in [5.41, 5.74) is 4.62. The second-order valence-electron chi connectivity index (χ2n) is 4.58. The summed E-state index contributed by atoms with van der Waals surface area (Å²) in [6, 6.07) is 11.0. The Morgan fingerprint density at radius 3 is 2.39 bits per heavy atom. The Balaban J connectivity index is 2.40. The minimum absolute atomic E-state index is 0.348. The van der Waals surface area contributed by atoms with Gasteiger partial charge in [-0.2, -0.15) is 0 Å². The first-order valence-electron chi connectivity index (χ1n) is 5.72. The number of rotatable bonds is 0. The van der Waals surface area contributed by atoms with Crippen LogP contribution in [0.15, 0.2) is 41.3 Å². The van der Waals surface area contributed by atoms with E-state index in [1.54, 1.807) is 12.1 Å². The Morgan fingerprint density at radius 2 is 1.61 bits per heavy atom. The first-order valence-corrected chi connectivity index (χ1v) is 7.21. The van der Waals surface area contributed by atoms with Crippen molar-refractivity contribution in [2.45, 2.75) is 18.7 Å². The van der Waals surface area contributed by atoms with Gasteiger partial charge in [0.1, 0.15) is 0 Å². The number of benzene rings is 2. The molecule has 0 saturated carbocycles. The number of hydrogen-bond donors (Lipinski definition) is 1. The van der Waals surface area contributed by atoms with Crippen LogP contribution in [0.2, 0.25) is 0 Å². The molecule has 1 aliphatic rings. The number of aryl methyl sites for hydroxylation is 2. The molecule has 3 nitrogen and oxygen atoms in total. The third-order valence-electron chi connectivity index (χ3n) is 3.34. The highest BCUT2D eigenvalue weighted by Gasteiger charge is 2.26. The van der Waals surface area contributed by atoms with Crippen molar-refractivity contribution < 1.29 is 8.42 Å². The zero-order chi connectivity index (χ0) is 12.9. The molecule has 1 heterocycles. The van der Waals surface area contributed by atoms with Gasteiger partial charge in [0.15, 0.2) is 0 Å². The molecule has 3 rings (SSSR count). The van der Waals surface area contributed by atoms with Crippen LogP contribution in [-0.2, 0) is 10.0 Å². The molecule has 1 N–H and O–H groups in total. The lowest BCUT2D eigenvalue weighted by Crippen LogP contribution is -2.19. The van der Waals surface area contributed by atoms with Crippen LogP contribution in [-0.4, -0.2) is 8.42 Å². The number of anilines is 1. The smallest absolute Gasteiger partial charge is 0.262 e. The van der Waals surface area contributed by atoms with Gasteiger partial charge in [-0.25, -0.2) is 8.42 Å². The molecule has 0 bridgehead atoms. The summed E-state index contributed by atoms with van der Waals surface area (Å²) >= 11 is 0. The fraction of sp³-hybridized carbons (Fsp3) is 0.143. The second-order valence-corrected chi connectivity index (χ2v) is 6.23. The standard InChI is InChI=1S/C14H13NO2S/c1-9-7-12-11-5-3-4-6-14(11)18(16,17)15-13(12)8-10(9)2/h3-8,15H,1-2H3.